The Labute approximate surface area is 62.2 Å². The molecular weight excluding hydrogens is 180 g/mol. The van der Waals surface area contributed by atoms with E-state index in [1.165, 1.54) is 0 Å². The van der Waals surface area contributed by atoms with Crippen LogP contribution in [0.25, 0.3) is 0 Å². The number of rotatable bonds is 1. The maximum atomic E-state index is 7.17. The number of nitrogens with zero attached hydrogens (tertiary/aromatic N) is 1. The first kappa shape index (κ1) is 6.71. The van der Waals surface area contributed by atoms with Crippen molar-refractivity contribution in [3.63, 3.8) is 0 Å². The summed E-state index contributed by atoms with van der Waals surface area (Å²) < 4.78 is 0. The summed E-state index contributed by atoms with van der Waals surface area (Å²) in [4.78, 5) is 3.55. The molecule has 0 spiro atoms. The van der Waals surface area contributed by atoms with Gasteiger partial charge in [0.05, 0.1) is 5.69 Å². The number of aromatic nitrogens is 1. The summed E-state index contributed by atoms with van der Waals surface area (Å²) in [6.45, 7) is 0. The van der Waals surface area contributed by atoms with Crippen molar-refractivity contribution < 1.29 is 0 Å². The molecule has 1 aromatic rings. The van der Waals surface area contributed by atoms with Gasteiger partial charge in [-0.15, -0.1) is 0 Å². The summed E-state index contributed by atoms with van der Waals surface area (Å²) in [5.41, 5.74) is 7.92. The van der Waals surface area contributed by atoms with Crippen molar-refractivity contribution in [3.05, 3.63) is 30.1 Å². The van der Waals surface area contributed by atoms with Crippen molar-refractivity contribution >= 4 is 15.9 Å². The van der Waals surface area contributed by atoms with Crippen LogP contribution in [0.4, 0.5) is 0 Å². The minimum absolute atomic E-state index is 0.390. The van der Waals surface area contributed by atoms with Gasteiger partial charge in [-0.3, -0.25) is 4.98 Å². The van der Waals surface area contributed by atoms with E-state index in [-0.39, 0.29) is 0 Å². The highest BCUT2D eigenvalue weighted by molar-refractivity contribution is 9.09. The summed E-state index contributed by atoms with van der Waals surface area (Å²) in [6, 6.07) is 5.51. The minimum Gasteiger partial charge on any atom is -0.259 e. The number of alkyl halides is 1. The van der Waals surface area contributed by atoms with Crippen molar-refractivity contribution in [2.45, 2.75) is 4.95 Å². The van der Waals surface area contributed by atoms with E-state index in [4.69, 9.17) is 5.73 Å². The maximum absolute atomic E-state index is 7.17. The molecule has 0 saturated heterocycles. The summed E-state index contributed by atoms with van der Waals surface area (Å²) >= 11 is 3.09. The fraction of sp³-hybridized carbons (Fsp3) is 0.167. The Morgan fingerprint density at radius 2 is 2.33 bits per heavy atom. The summed E-state index contributed by atoms with van der Waals surface area (Å²) in [5, 5.41) is 0. The molecule has 9 heavy (non-hydrogen) atoms. The highest BCUT2D eigenvalue weighted by Gasteiger charge is 1.98. The lowest BCUT2D eigenvalue weighted by molar-refractivity contribution is 0.948. The van der Waals surface area contributed by atoms with Crippen molar-refractivity contribution in [1.29, 1.82) is 0 Å². The molecule has 0 aromatic carbocycles. The first-order chi connectivity index (χ1) is 4.30. The van der Waals surface area contributed by atoms with Crippen LogP contribution in [0, 0.1) is 0 Å². The van der Waals surface area contributed by atoms with E-state index in [0.29, 0.717) is 0 Å². The van der Waals surface area contributed by atoms with Crippen LogP contribution >= 0.6 is 15.9 Å². The molecule has 0 fully saturated rings. The van der Waals surface area contributed by atoms with Gasteiger partial charge in [-0.1, -0.05) is 22.0 Å². The van der Waals surface area contributed by atoms with E-state index >= 15 is 0 Å². The van der Waals surface area contributed by atoms with Gasteiger partial charge >= 0.3 is 0 Å². The lowest BCUT2D eigenvalue weighted by Crippen LogP contribution is -1.91. The third kappa shape index (κ3) is 1.77. The Hall–Kier alpha value is -0.410. The molecule has 1 radical (unpaired) electrons. The Kier molecular flexibility index (Phi) is 2.19. The van der Waals surface area contributed by atoms with Crippen LogP contribution in [0.5, 0.6) is 0 Å². The van der Waals surface area contributed by atoms with E-state index in [1.54, 1.807) is 6.20 Å². The van der Waals surface area contributed by atoms with Crippen LogP contribution in [-0.4, -0.2) is 4.98 Å². The van der Waals surface area contributed by atoms with Gasteiger partial charge in [-0.25, -0.2) is 5.73 Å². The molecule has 47 valence electrons. The van der Waals surface area contributed by atoms with Crippen LogP contribution < -0.4 is 5.73 Å². The largest absolute Gasteiger partial charge is 0.259 e. The average Bonchev–Trinajstić information content (AvgIpc) is 1.90. The van der Waals surface area contributed by atoms with Crippen molar-refractivity contribution in [2.24, 2.45) is 0 Å². The molecule has 0 bridgehead atoms. The van der Waals surface area contributed by atoms with E-state index < -0.39 is 4.95 Å². The molecule has 3 heteroatoms. The van der Waals surface area contributed by atoms with Crippen molar-refractivity contribution in [3.8, 4) is 0 Å². The monoisotopic (exact) mass is 185 g/mol. The third-order valence-corrected chi connectivity index (χ3v) is 1.42. The van der Waals surface area contributed by atoms with Crippen molar-refractivity contribution in [2.75, 3.05) is 0 Å². The van der Waals surface area contributed by atoms with Gasteiger partial charge in [0, 0.05) is 6.20 Å². The molecule has 0 saturated carbocycles. The Balaban J connectivity index is 2.85. The summed E-state index contributed by atoms with van der Waals surface area (Å²) in [6.07, 6.45) is 1.68. The number of hydrogen-bond acceptors (Lipinski definition) is 1. The topological polar surface area (TPSA) is 36.7 Å². The smallest absolute Gasteiger partial charge is 0.118 e. The molecule has 1 heterocycles. The molecule has 1 atom stereocenters. The zero-order valence-electron chi connectivity index (χ0n) is 4.71. The van der Waals surface area contributed by atoms with Crippen LogP contribution in [0.15, 0.2) is 24.4 Å². The predicted octanol–water partition coefficient (Wildman–Crippen LogP) is 1.76. The Morgan fingerprint density at radius 1 is 1.56 bits per heavy atom. The Bertz CT molecular complexity index is 174. The molecule has 0 aliphatic heterocycles. The van der Waals surface area contributed by atoms with Gasteiger partial charge < -0.3 is 0 Å². The highest BCUT2D eigenvalue weighted by Crippen LogP contribution is 2.13. The van der Waals surface area contributed by atoms with Crippen LogP contribution in [0.2, 0.25) is 0 Å². The second-order valence-electron chi connectivity index (χ2n) is 1.62. The number of hydrogen-bond donors (Lipinski definition) is 0. The third-order valence-electron chi connectivity index (χ3n) is 0.947. The van der Waals surface area contributed by atoms with Crippen LogP contribution in [-0.2, 0) is 0 Å². The van der Waals surface area contributed by atoms with Gasteiger partial charge in [0.25, 0.3) is 0 Å². The lowest BCUT2D eigenvalue weighted by atomic mass is 10.4. The number of halogens is 1. The average molecular weight is 186 g/mol. The molecule has 1 aromatic heterocycles. The molecule has 0 aliphatic rings. The standard InChI is InChI=1S/C6H6BrN2/c7-6(8)5-3-1-2-4-9-5/h1-4,6,8H. The molecule has 1 rings (SSSR count). The fourth-order valence-electron chi connectivity index (χ4n) is 0.526. The van der Waals surface area contributed by atoms with Crippen molar-refractivity contribution in [1.82, 2.24) is 10.7 Å². The molecular formula is C6H6BrN2. The zero-order chi connectivity index (χ0) is 6.69. The van der Waals surface area contributed by atoms with Gasteiger partial charge in [0.1, 0.15) is 4.95 Å². The van der Waals surface area contributed by atoms with E-state index in [2.05, 4.69) is 20.9 Å². The Morgan fingerprint density at radius 3 is 2.67 bits per heavy atom. The molecule has 1 unspecified atom stereocenters. The van der Waals surface area contributed by atoms with Gasteiger partial charge in [0.2, 0.25) is 0 Å². The van der Waals surface area contributed by atoms with Crippen LogP contribution in [0.3, 0.4) is 0 Å². The zero-order valence-corrected chi connectivity index (χ0v) is 6.30. The molecule has 2 nitrogen and oxygen atoms in total. The maximum Gasteiger partial charge on any atom is 0.118 e. The summed E-state index contributed by atoms with van der Waals surface area (Å²) in [5.74, 6) is 0. The second-order valence-corrected chi connectivity index (χ2v) is 2.53. The molecule has 0 aliphatic carbocycles. The normalized spacial score (nSPS) is 13.1. The van der Waals surface area contributed by atoms with E-state index in [9.17, 15) is 0 Å². The molecule has 1 N–H and O–H groups in total. The van der Waals surface area contributed by atoms with E-state index in [1.807, 2.05) is 18.2 Å². The predicted molar refractivity (Wildman–Crippen MR) is 39.0 cm³/mol. The number of nitrogens with one attached hydrogen (secondary N) is 1. The fourth-order valence-corrected chi connectivity index (χ4v) is 0.797. The van der Waals surface area contributed by atoms with E-state index in [0.717, 1.165) is 5.69 Å². The molecule has 0 amide bonds. The first-order valence-electron chi connectivity index (χ1n) is 2.57. The van der Waals surface area contributed by atoms with Gasteiger partial charge in [-0.05, 0) is 12.1 Å². The summed E-state index contributed by atoms with van der Waals surface area (Å²) in [7, 11) is 0. The minimum atomic E-state index is -0.390. The number of pyridine rings is 1. The van der Waals surface area contributed by atoms with Crippen LogP contribution in [0.1, 0.15) is 10.6 Å². The first-order valence-corrected chi connectivity index (χ1v) is 3.48. The second kappa shape index (κ2) is 2.94. The SMILES string of the molecule is [NH]C(Br)c1ccccn1. The van der Waals surface area contributed by atoms with Gasteiger partial charge in [-0.2, -0.15) is 0 Å². The van der Waals surface area contributed by atoms with Gasteiger partial charge in [0.15, 0.2) is 0 Å². The highest BCUT2D eigenvalue weighted by atomic mass is 79.9. The lowest BCUT2D eigenvalue weighted by Gasteiger charge is -1.97. The quantitative estimate of drug-likeness (QED) is 0.486.